The number of nitrogens with two attached hydrogens (primary N) is 1. The summed E-state index contributed by atoms with van der Waals surface area (Å²) in [6.07, 6.45) is 0. The Bertz CT molecular complexity index is 760. The van der Waals surface area contributed by atoms with Gasteiger partial charge >= 0.3 is 0 Å². The van der Waals surface area contributed by atoms with E-state index in [0.717, 1.165) is 5.56 Å². The van der Waals surface area contributed by atoms with Gasteiger partial charge in [0.2, 0.25) is 8.32 Å². The van der Waals surface area contributed by atoms with Crippen molar-refractivity contribution in [1.29, 1.82) is 0 Å². The number of benzene rings is 2. The van der Waals surface area contributed by atoms with E-state index in [4.69, 9.17) is 10.2 Å². The summed E-state index contributed by atoms with van der Waals surface area (Å²) in [5.41, 5.74) is 8.72. The lowest BCUT2D eigenvalue weighted by Crippen LogP contribution is -2.43. The van der Waals surface area contributed by atoms with Crippen LogP contribution < -0.4 is 10.2 Å². The Morgan fingerprint density at radius 2 is 1.75 bits per heavy atom. The molecular formula is C20H27NO2Si. The van der Waals surface area contributed by atoms with Gasteiger partial charge in [-0.2, -0.15) is 0 Å². The van der Waals surface area contributed by atoms with Crippen LogP contribution in [0.1, 0.15) is 42.3 Å². The van der Waals surface area contributed by atoms with Crippen LogP contribution in [0.3, 0.4) is 0 Å². The van der Waals surface area contributed by atoms with Crippen molar-refractivity contribution in [3.05, 3.63) is 59.2 Å². The van der Waals surface area contributed by atoms with Gasteiger partial charge < -0.3 is 10.2 Å². The zero-order valence-corrected chi connectivity index (χ0v) is 16.4. The van der Waals surface area contributed by atoms with E-state index >= 15 is 0 Å². The number of hydrogen-bond donors (Lipinski definition) is 1. The molecule has 2 aromatic carbocycles. The van der Waals surface area contributed by atoms with Crippen LogP contribution in [0.5, 0.6) is 5.75 Å². The van der Waals surface area contributed by atoms with Crippen LogP contribution in [0.4, 0.5) is 5.69 Å². The van der Waals surface area contributed by atoms with Crippen LogP contribution in [0, 0.1) is 6.92 Å². The SMILES string of the molecule is Cc1cccc(C(=O)c2cc(O[Si](C)(C)C(C)(C)C)ccc2N)c1. The summed E-state index contributed by atoms with van der Waals surface area (Å²) in [6.45, 7) is 12.9. The summed E-state index contributed by atoms with van der Waals surface area (Å²) in [6, 6.07) is 12.9. The molecule has 3 nitrogen and oxygen atoms in total. The van der Waals surface area contributed by atoms with Crippen molar-refractivity contribution in [2.24, 2.45) is 0 Å². The molecule has 0 heterocycles. The predicted molar refractivity (Wildman–Crippen MR) is 103 cm³/mol. The highest BCUT2D eigenvalue weighted by atomic mass is 28.4. The fourth-order valence-corrected chi connectivity index (χ4v) is 3.21. The number of carbonyl (C=O) groups is 1. The third-order valence-corrected chi connectivity index (χ3v) is 9.09. The molecule has 0 aliphatic rings. The number of nitrogen functional groups attached to an aromatic ring is 1. The molecule has 4 heteroatoms. The maximum absolute atomic E-state index is 12.8. The third-order valence-electron chi connectivity index (χ3n) is 4.73. The third kappa shape index (κ3) is 3.87. The predicted octanol–water partition coefficient (Wildman–Crippen LogP) is 5.19. The fourth-order valence-electron chi connectivity index (χ4n) is 2.19. The summed E-state index contributed by atoms with van der Waals surface area (Å²) in [4.78, 5) is 12.8. The zero-order chi connectivity index (χ0) is 18.1. The lowest BCUT2D eigenvalue weighted by molar-refractivity contribution is 0.103. The first kappa shape index (κ1) is 18.3. The first-order valence-electron chi connectivity index (χ1n) is 8.21. The summed E-state index contributed by atoms with van der Waals surface area (Å²) < 4.78 is 6.30. The van der Waals surface area contributed by atoms with Gasteiger partial charge in [0.25, 0.3) is 0 Å². The maximum Gasteiger partial charge on any atom is 0.250 e. The van der Waals surface area contributed by atoms with Gasteiger partial charge in [0.15, 0.2) is 5.78 Å². The monoisotopic (exact) mass is 341 g/mol. The van der Waals surface area contributed by atoms with E-state index in [1.807, 2.05) is 37.3 Å². The van der Waals surface area contributed by atoms with Crippen LogP contribution in [0.25, 0.3) is 0 Å². The second-order valence-corrected chi connectivity index (χ2v) is 12.5. The average Bonchev–Trinajstić information content (AvgIpc) is 2.47. The Balaban J connectivity index is 2.37. The standard InChI is InChI=1S/C20H27NO2Si/c1-14-8-7-9-15(12-14)19(22)17-13-16(10-11-18(17)21)23-24(5,6)20(2,3)4/h7-13H,21H2,1-6H3. The van der Waals surface area contributed by atoms with Crippen molar-refractivity contribution < 1.29 is 9.22 Å². The van der Waals surface area contributed by atoms with Crippen molar-refractivity contribution >= 4 is 19.8 Å². The van der Waals surface area contributed by atoms with Crippen molar-refractivity contribution in [2.75, 3.05) is 5.73 Å². The van der Waals surface area contributed by atoms with Crippen molar-refractivity contribution in [1.82, 2.24) is 0 Å². The van der Waals surface area contributed by atoms with Crippen molar-refractivity contribution in [3.8, 4) is 5.75 Å². The van der Waals surface area contributed by atoms with Crippen LogP contribution >= 0.6 is 0 Å². The highest BCUT2D eigenvalue weighted by Gasteiger charge is 2.39. The van der Waals surface area contributed by atoms with Crippen LogP contribution in [-0.4, -0.2) is 14.1 Å². The molecular weight excluding hydrogens is 314 g/mol. The fraction of sp³-hybridized carbons (Fsp3) is 0.350. The Kier molecular flexibility index (Phi) is 4.90. The summed E-state index contributed by atoms with van der Waals surface area (Å²) >= 11 is 0. The number of anilines is 1. The van der Waals surface area contributed by atoms with E-state index in [2.05, 4.69) is 33.9 Å². The minimum Gasteiger partial charge on any atom is -0.543 e. The van der Waals surface area contributed by atoms with E-state index in [0.29, 0.717) is 22.6 Å². The Morgan fingerprint density at radius 3 is 2.33 bits per heavy atom. The molecule has 0 unspecified atom stereocenters. The molecule has 2 rings (SSSR count). The molecule has 128 valence electrons. The minimum atomic E-state index is -1.96. The number of ketones is 1. The van der Waals surface area contributed by atoms with Crippen molar-refractivity contribution in [3.63, 3.8) is 0 Å². The molecule has 2 aromatic rings. The van der Waals surface area contributed by atoms with Gasteiger partial charge in [0, 0.05) is 16.8 Å². The number of rotatable bonds is 4. The van der Waals surface area contributed by atoms with Crippen LogP contribution in [-0.2, 0) is 0 Å². The molecule has 0 radical (unpaired) electrons. The van der Waals surface area contributed by atoms with Crippen molar-refractivity contribution in [2.45, 2.75) is 45.8 Å². The van der Waals surface area contributed by atoms with Crippen LogP contribution in [0.15, 0.2) is 42.5 Å². The van der Waals surface area contributed by atoms with Gasteiger partial charge in [-0.1, -0.05) is 44.5 Å². The Labute approximate surface area is 146 Å². The molecule has 0 saturated heterocycles. The number of carbonyl (C=O) groups excluding carboxylic acids is 1. The van der Waals surface area contributed by atoms with E-state index in [1.165, 1.54) is 0 Å². The van der Waals surface area contributed by atoms with Gasteiger partial charge in [0.1, 0.15) is 5.75 Å². The molecule has 0 aromatic heterocycles. The molecule has 0 amide bonds. The minimum absolute atomic E-state index is 0.0723. The first-order chi connectivity index (χ1) is 11.0. The highest BCUT2D eigenvalue weighted by molar-refractivity contribution is 6.74. The summed E-state index contributed by atoms with van der Waals surface area (Å²) in [5, 5.41) is 0.0924. The van der Waals surface area contributed by atoms with Gasteiger partial charge in [-0.05, 0) is 49.3 Å². The second-order valence-electron chi connectivity index (χ2n) is 7.81. The molecule has 0 aliphatic carbocycles. The molecule has 0 saturated carbocycles. The van der Waals surface area contributed by atoms with Gasteiger partial charge in [0.05, 0.1) is 0 Å². The smallest absolute Gasteiger partial charge is 0.250 e. The molecule has 0 aliphatic heterocycles. The van der Waals surface area contributed by atoms with E-state index in [9.17, 15) is 4.79 Å². The second kappa shape index (κ2) is 6.44. The van der Waals surface area contributed by atoms with Crippen LogP contribution in [0.2, 0.25) is 18.1 Å². The van der Waals surface area contributed by atoms with E-state index in [1.54, 1.807) is 12.1 Å². The maximum atomic E-state index is 12.8. The van der Waals surface area contributed by atoms with Gasteiger partial charge in [-0.3, -0.25) is 4.79 Å². The average molecular weight is 342 g/mol. The largest absolute Gasteiger partial charge is 0.543 e. The highest BCUT2D eigenvalue weighted by Crippen LogP contribution is 2.38. The number of aryl methyl sites for hydroxylation is 1. The molecule has 0 fully saturated rings. The summed E-state index contributed by atoms with van der Waals surface area (Å²) in [7, 11) is -1.96. The lowest BCUT2D eigenvalue weighted by atomic mass is 10.0. The molecule has 2 N–H and O–H groups in total. The van der Waals surface area contributed by atoms with E-state index < -0.39 is 8.32 Å². The quantitative estimate of drug-likeness (QED) is 0.473. The molecule has 0 bridgehead atoms. The molecule has 0 atom stereocenters. The van der Waals surface area contributed by atoms with Gasteiger partial charge in [-0.15, -0.1) is 0 Å². The topological polar surface area (TPSA) is 52.3 Å². The van der Waals surface area contributed by atoms with Gasteiger partial charge in [-0.25, -0.2) is 0 Å². The summed E-state index contributed by atoms with van der Waals surface area (Å²) in [5.74, 6) is 0.642. The Morgan fingerprint density at radius 1 is 1.08 bits per heavy atom. The zero-order valence-electron chi connectivity index (χ0n) is 15.4. The number of hydrogen-bond acceptors (Lipinski definition) is 3. The van der Waals surface area contributed by atoms with E-state index in [-0.39, 0.29) is 10.8 Å². The lowest BCUT2D eigenvalue weighted by Gasteiger charge is -2.36. The molecule has 24 heavy (non-hydrogen) atoms. The molecule has 0 spiro atoms. The normalized spacial score (nSPS) is 12.1. The first-order valence-corrected chi connectivity index (χ1v) is 11.1. The Hall–Kier alpha value is -2.07.